The Kier molecular flexibility index (Phi) is 3.45. The Morgan fingerprint density at radius 3 is 2.82 bits per heavy atom. The molecule has 0 radical (unpaired) electrons. The molecule has 3 nitrogen and oxygen atoms in total. The third-order valence-corrected chi connectivity index (χ3v) is 3.86. The van der Waals surface area contributed by atoms with Crippen LogP contribution in [0.3, 0.4) is 0 Å². The Hall–Kier alpha value is -1.39. The highest BCUT2D eigenvalue weighted by Crippen LogP contribution is 2.24. The molecule has 17 heavy (non-hydrogen) atoms. The predicted octanol–water partition coefficient (Wildman–Crippen LogP) is 3.67. The third kappa shape index (κ3) is 2.65. The highest BCUT2D eigenvalue weighted by atomic mass is 35.5. The lowest BCUT2D eigenvalue weighted by molar-refractivity contribution is 0.103. The topological polar surface area (TPSA) is 42.0 Å². The van der Waals surface area contributed by atoms with Gasteiger partial charge in [-0.2, -0.15) is 0 Å². The number of rotatable bonds is 2. The van der Waals surface area contributed by atoms with Crippen LogP contribution >= 0.6 is 22.9 Å². The van der Waals surface area contributed by atoms with Crippen LogP contribution < -0.4 is 5.32 Å². The zero-order valence-electron chi connectivity index (χ0n) is 9.45. The smallest absolute Gasteiger partial charge is 0.265 e. The maximum atomic E-state index is 12.0. The minimum Gasteiger partial charge on any atom is -0.320 e. The van der Waals surface area contributed by atoms with Gasteiger partial charge in [-0.3, -0.25) is 9.78 Å². The summed E-state index contributed by atoms with van der Waals surface area (Å²) in [6, 6.07) is 3.55. The van der Waals surface area contributed by atoms with Crippen LogP contribution in [0.25, 0.3) is 0 Å². The number of aromatic nitrogens is 1. The monoisotopic (exact) mass is 266 g/mol. The quantitative estimate of drug-likeness (QED) is 0.901. The third-order valence-electron chi connectivity index (χ3n) is 2.41. The highest BCUT2D eigenvalue weighted by Gasteiger charge is 2.11. The van der Waals surface area contributed by atoms with Gasteiger partial charge in [0, 0.05) is 17.3 Å². The van der Waals surface area contributed by atoms with Crippen LogP contribution in [0.1, 0.15) is 20.1 Å². The molecular formula is C12H11ClN2OS. The number of carbonyl (C=O) groups is 1. The van der Waals surface area contributed by atoms with Gasteiger partial charge in [-0.05, 0) is 31.5 Å². The lowest BCUT2D eigenvalue weighted by Gasteiger charge is -2.04. The molecule has 0 unspecified atom stereocenters. The molecule has 0 saturated carbocycles. The van der Waals surface area contributed by atoms with Gasteiger partial charge in [-0.25, -0.2) is 0 Å². The summed E-state index contributed by atoms with van der Waals surface area (Å²) in [7, 11) is 0. The summed E-state index contributed by atoms with van der Waals surface area (Å²) in [5.74, 6) is -0.140. The molecule has 0 aliphatic heterocycles. The van der Waals surface area contributed by atoms with E-state index in [2.05, 4.69) is 10.3 Å². The molecule has 1 N–H and O–H groups in total. The Morgan fingerprint density at radius 2 is 2.24 bits per heavy atom. The van der Waals surface area contributed by atoms with Crippen molar-refractivity contribution in [3.8, 4) is 0 Å². The Morgan fingerprint density at radius 1 is 1.47 bits per heavy atom. The summed E-state index contributed by atoms with van der Waals surface area (Å²) in [5.41, 5.74) is 1.70. The van der Waals surface area contributed by atoms with Gasteiger partial charge >= 0.3 is 0 Å². The first-order chi connectivity index (χ1) is 8.08. The van der Waals surface area contributed by atoms with Crippen molar-refractivity contribution in [3.63, 3.8) is 0 Å². The Labute approximate surface area is 108 Å². The van der Waals surface area contributed by atoms with Crippen molar-refractivity contribution in [2.45, 2.75) is 13.8 Å². The fraction of sp³-hybridized carbons (Fsp3) is 0.167. The van der Waals surface area contributed by atoms with E-state index in [1.54, 1.807) is 12.3 Å². The van der Waals surface area contributed by atoms with E-state index in [1.165, 1.54) is 17.5 Å². The van der Waals surface area contributed by atoms with Gasteiger partial charge in [0.25, 0.3) is 5.91 Å². The van der Waals surface area contributed by atoms with Crippen molar-refractivity contribution >= 4 is 34.5 Å². The lowest BCUT2D eigenvalue weighted by Crippen LogP contribution is -2.10. The van der Waals surface area contributed by atoms with Gasteiger partial charge in [-0.15, -0.1) is 11.3 Å². The molecule has 0 fully saturated rings. The normalized spacial score (nSPS) is 10.3. The molecule has 2 aromatic heterocycles. The molecule has 0 bridgehead atoms. The second-order valence-corrected chi connectivity index (χ2v) is 5.32. The standard InChI is InChI=1S/C12H11ClN2OS/c1-7-5-11(17-8(7)2)12(16)15-10-3-4-14-6-9(10)13/h3-6H,1-2H3,(H,14,15,16). The number of nitrogens with one attached hydrogen (secondary N) is 1. The van der Waals surface area contributed by atoms with Crippen LogP contribution in [-0.2, 0) is 0 Å². The fourth-order valence-electron chi connectivity index (χ4n) is 1.35. The zero-order chi connectivity index (χ0) is 12.4. The zero-order valence-corrected chi connectivity index (χ0v) is 11.0. The summed E-state index contributed by atoms with van der Waals surface area (Å²) in [6.07, 6.45) is 3.09. The Balaban J connectivity index is 2.20. The maximum Gasteiger partial charge on any atom is 0.265 e. The number of carbonyl (C=O) groups excluding carboxylic acids is 1. The van der Waals surface area contributed by atoms with Crippen LogP contribution in [0, 0.1) is 13.8 Å². The van der Waals surface area contributed by atoms with E-state index in [1.807, 2.05) is 19.9 Å². The number of amides is 1. The molecule has 0 saturated heterocycles. The second-order valence-electron chi connectivity index (χ2n) is 3.66. The summed E-state index contributed by atoms with van der Waals surface area (Å²) in [4.78, 5) is 17.7. The van der Waals surface area contributed by atoms with Gasteiger partial charge < -0.3 is 5.32 Å². The molecule has 88 valence electrons. The van der Waals surface area contributed by atoms with Crippen molar-refractivity contribution in [1.82, 2.24) is 4.98 Å². The minimum absolute atomic E-state index is 0.140. The van der Waals surface area contributed by atoms with Crippen LogP contribution in [-0.4, -0.2) is 10.9 Å². The molecule has 0 aliphatic rings. The van der Waals surface area contributed by atoms with E-state index in [0.29, 0.717) is 15.6 Å². The fourth-order valence-corrected chi connectivity index (χ4v) is 2.44. The van der Waals surface area contributed by atoms with E-state index in [-0.39, 0.29) is 5.91 Å². The van der Waals surface area contributed by atoms with Crippen molar-refractivity contribution in [2.75, 3.05) is 5.32 Å². The van der Waals surface area contributed by atoms with Gasteiger partial charge in [0.2, 0.25) is 0 Å². The van der Waals surface area contributed by atoms with Gasteiger partial charge in [-0.1, -0.05) is 11.6 Å². The molecule has 0 spiro atoms. The number of hydrogen-bond acceptors (Lipinski definition) is 3. The van der Waals surface area contributed by atoms with E-state index >= 15 is 0 Å². The van der Waals surface area contributed by atoms with Crippen LogP contribution in [0.4, 0.5) is 5.69 Å². The first-order valence-corrected chi connectivity index (χ1v) is 6.25. The number of halogens is 1. The number of pyridine rings is 1. The first kappa shape index (κ1) is 12.1. The van der Waals surface area contributed by atoms with Crippen molar-refractivity contribution < 1.29 is 4.79 Å². The van der Waals surface area contributed by atoms with Gasteiger partial charge in [0.05, 0.1) is 15.6 Å². The number of aryl methyl sites for hydroxylation is 2. The van der Waals surface area contributed by atoms with E-state index < -0.39 is 0 Å². The molecular weight excluding hydrogens is 256 g/mol. The molecule has 0 atom stereocenters. The van der Waals surface area contributed by atoms with Crippen LogP contribution in [0.15, 0.2) is 24.5 Å². The summed E-state index contributed by atoms with van der Waals surface area (Å²) in [6.45, 7) is 3.98. The summed E-state index contributed by atoms with van der Waals surface area (Å²) in [5, 5.41) is 3.20. The van der Waals surface area contributed by atoms with Crippen LogP contribution in [0.2, 0.25) is 5.02 Å². The van der Waals surface area contributed by atoms with Crippen LogP contribution in [0.5, 0.6) is 0 Å². The first-order valence-electron chi connectivity index (χ1n) is 5.06. The SMILES string of the molecule is Cc1cc(C(=O)Nc2ccncc2Cl)sc1C. The molecule has 1 amide bonds. The molecule has 5 heteroatoms. The van der Waals surface area contributed by atoms with Crippen molar-refractivity contribution in [1.29, 1.82) is 0 Å². The number of anilines is 1. The second kappa shape index (κ2) is 4.85. The molecule has 0 aliphatic carbocycles. The summed E-state index contributed by atoms with van der Waals surface area (Å²) >= 11 is 7.40. The Bertz CT molecular complexity index is 546. The molecule has 0 aromatic carbocycles. The number of hydrogen-bond donors (Lipinski definition) is 1. The van der Waals surface area contributed by atoms with Crippen molar-refractivity contribution in [2.24, 2.45) is 0 Å². The summed E-state index contributed by atoms with van der Waals surface area (Å²) < 4.78 is 0. The molecule has 2 aromatic rings. The molecule has 2 rings (SSSR count). The van der Waals surface area contributed by atoms with E-state index in [9.17, 15) is 4.79 Å². The minimum atomic E-state index is -0.140. The number of thiophene rings is 1. The molecule has 2 heterocycles. The average molecular weight is 267 g/mol. The van der Waals surface area contributed by atoms with Gasteiger partial charge in [0.15, 0.2) is 0 Å². The maximum absolute atomic E-state index is 12.0. The van der Waals surface area contributed by atoms with E-state index in [0.717, 1.165) is 10.4 Å². The lowest BCUT2D eigenvalue weighted by atomic mass is 10.3. The van der Waals surface area contributed by atoms with Gasteiger partial charge in [0.1, 0.15) is 0 Å². The highest BCUT2D eigenvalue weighted by molar-refractivity contribution is 7.14. The van der Waals surface area contributed by atoms with E-state index in [4.69, 9.17) is 11.6 Å². The average Bonchev–Trinajstić information content (AvgIpc) is 2.63. The predicted molar refractivity (Wildman–Crippen MR) is 71.0 cm³/mol. The largest absolute Gasteiger partial charge is 0.320 e. The number of nitrogens with zero attached hydrogens (tertiary/aromatic N) is 1. The van der Waals surface area contributed by atoms with Crippen molar-refractivity contribution in [3.05, 3.63) is 44.9 Å².